The average Bonchev–Trinajstić information content (AvgIpc) is 2.48. The van der Waals surface area contributed by atoms with Crippen molar-refractivity contribution in [3.8, 4) is 5.75 Å². The fourth-order valence-electron chi connectivity index (χ4n) is 2.37. The van der Waals surface area contributed by atoms with Gasteiger partial charge in [-0.15, -0.1) is 0 Å². The van der Waals surface area contributed by atoms with E-state index < -0.39 is 18.7 Å². The number of amides is 1. The molecule has 1 aromatic rings. The zero-order valence-corrected chi connectivity index (χ0v) is 12.4. The van der Waals surface area contributed by atoms with Gasteiger partial charge in [-0.2, -0.15) is 8.78 Å². The summed E-state index contributed by atoms with van der Waals surface area (Å²) in [4.78, 5) is 24.7. The maximum absolute atomic E-state index is 12.3. The molecule has 1 aromatic carbocycles. The van der Waals surface area contributed by atoms with E-state index in [1.807, 2.05) is 0 Å². The van der Waals surface area contributed by atoms with Gasteiger partial charge in [-0.3, -0.25) is 4.79 Å². The number of carboxylic acid groups (broad SMARTS) is 1. The third kappa shape index (κ3) is 4.88. The van der Waals surface area contributed by atoms with E-state index in [0.29, 0.717) is 12.1 Å². The Morgan fingerprint density at radius 1 is 1.35 bits per heavy atom. The van der Waals surface area contributed by atoms with Gasteiger partial charge in [0, 0.05) is 6.54 Å². The minimum absolute atomic E-state index is 0.00885. The maximum Gasteiger partial charge on any atom is 0.387 e. The Kier molecular flexibility index (Phi) is 5.49. The average molecular weight is 329 g/mol. The molecule has 8 heteroatoms. The van der Waals surface area contributed by atoms with Crippen molar-refractivity contribution >= 4 is 11.9 Å². The van der Waals surface area contributed by atoms with E-state index in [1.54, 1.807) is 6.92 Å². The number of hydrogen-bond donors (Lipinski definition) is 1. The van der Waals surface area contributed by atoms with Crippen molar-refractivity contribution in [3.63, 3.8) is 0 Å². The summed E-state index contributed by atoms with van der Waals surface area (Å²) >= 11 is 0. The van der Waals surface area contributed by atoms with Gasteiger partial charge in [0.05, 0.1) is 19.1 Å². The fraction of sp³-hybridized carbons (Fsp3) is 0.467. The number of carbonyl (C=O) groups excluding carboxylic acids is 1. The molecule has 0 radical (unpaired) electrons. The van der Waals surface area contributed by atoms with Gasteiger partial charge in [-0.25, -0.2) is 4.79 Å². The van der Waals surface area contributed by atoms with Crippen LogP contribution in [0.25, 0.3) is 0 Å². The van der Waals surface area contributed by atoms with Crippen LogP contribution in [0.3, 0.4) is 0 Å². The number of morpholine rings is 1. The summed E-state index contributed by atoms with van der Waals surface area (Å²) in [7, 11) is 0. The van der Waals surface area contributed by atoms with Crippen molar-refractivity contribution in [2.45, 2.75) is 32.2 Å². The number of carbonyl (C=O) groups is 2. The van der Waals surface area contributed by atoms with E-state index in [0.717, 1.165) is 0 Å². The van der Waals surface area contributed by atoms with Crippen LogP contribution in [-0.2, 0) is 20.7 Å². The molecule has 0 spiro atoms. The molecule has 0 saturated carbocycles. The van der Waals surface area contributed by atoms with Gasteiger partial charge in [-0.1, -0.05) is 12.1 Å². The van der Waals surface area contributed by atoms with Gasteiger partial charge in [-0.05, 0) is 24.6 Å². The molecule has 0 aromatic heterocycles. The second-order valence-electron chi connectivity index (χ2n) is 5.27. The molecule has 126 valence electrons. The number of carboxylic acids is 1. The molecule has 6 nitrogen and oxygen atoms in total. The summed E-state index contributed by atoms with van der Waals surface area (Å²) < 4.78 is 33.6. The molecule has 23 heavy (non-hydrogen) atoms. The standard InChI is InChI=1S/C15H17F2NO5/c1-9-7-18(8-12(22-9)14(20)21)13(19)6-10-2-4-11(5-3-10)23-15(16)17/h2-5,9,12,15H,6-8H2,1H3,(H,20,21)/t9-,12?/m1/s1. The lowest BCUT2D eigenvalue weighted by Crippen LogP contribution is -2.52. The smallest absolute Gasteiger partial charge is 0.387 e. The van der Waals surface area contributed by atoms with E-state index in [1.165, 1.54) is 29.2 Å². The number of alkyl halides is 2. The molecule has 0 bridgehead atoms. The van der Waals surface area contributed by atoms with E-state index in [9.17, 15) is 18.4 Å². The van der Waals surface area contributed by atoms with Gasteiger partial charge < -0.3 is 19.5 Å². The van der Waals surface area contributed by atoms with Crippen LogP contribution in [0.4, 0.5) is 8.78 Å². The molecule has 1 fully saturated rings. The van der Waals surface area contributed by atoms with Crippen LogP contribution < -0.4 is 4.74 Å². The first-order valence-corrected chi connectivity index (χ1v) is 7.05. The normalized spacial score (nSPS) is 21.3. The second kappa shape index (κ2) is 7.36. The summed E-state index contributed by atoms with van der Waals surface area (Å²) in [6.45, 7) is -0.892. The molecule has 1 aliphatic heterocycles. The van der Waals surface area contributed by atoms with Crippen molar-refractivity contribution in [1.29, 1.82) is 0 Å². The SMILES string of the molecule is C[C@@H]1CN(C(=O)Cc2ccc(OC(F)F)cc2)CC(C(=O)O)O1. The number of ether oxygens (including phenoxy) is 2. The Morgan fingerprint density at radius 2 is 2.00 bits per heavy atom. The quantitative estimate of drug-likeness (QED) is 0.887. The minimum Gasteiger partial charge on any atom is -0.479 e. The Bertz CT molecular complexity index is 563. The Hall–Kier alpha value is -2.22. The number of rotatable bonds is 5. The molecular weight excluding hydrogens is 312 g/mol. The Labute approximate surface area is 131 Å². The molecule has 0 aliphatic carbocycles. The predicted octanol–water partition coefficient (Wildman–Crippen LogP) is 1.53. The Balaban J connectivity index is 1.96. The van der Waals surface area contributed by atoms with E-state index in [-0.39, 0.29) is 30.7 Å². The third-order valence-corrected chi connectivity index (χ3v) is 3.39. The van der Waals surface area contributed by atoms with E-state index in [2.05, 4.69) is 4.74 Å². The van der Waals surface area contributed by atoms with Crippen molar-refractivity contribution in [1.82, 2.24) is 4.90 Å². The van der Waals surface area contributed by atoms with Gasteiger partial charge in [0.15, 0.2) is 6.10 Å². The summed E-state index contributed by atoms with van der Waals surface area (Å²) in [5, 5.41) is 9.01. The predicted molar refractivity (Wildman–Crippen MR) is 75.3 cm³/mol. The lowest BCUT2D eigenvalue weighted by molar-refractivity contribution is -0.166. The number of hydrogen-bond acceptors (Lipinski definition) is 4. The van der Waals surface area contributed by atoms with E-state index in [4.69, 9.17) is 9.84 Å². The highest BCUT2D eigenvalue weighted by Crippen LogP contribution is 2.17. The maximum atomic E-state index is 12.3. The molecule has 2 rings (SSSR count). The van der Waals surface area contributed by atoms with Gasteiger partial charge >= 0.3 is 12.6 Å². The molecule has 1 N–H and O–H groups in total. The molecule has 1 amide bonds. The molecule has 1 unspecified atom stereocenters. The van der Waals surface area contributed by atoms with Crippen molar-refractivity contribution in [2.24, 2.45) is 0 Å². The van der Waals surface area contributed by atoms with Crippen LogP contribution in [0.5, 0.6) is 5.75 Å². The van der Waals surface area contributed by atoms with Crippen LogP contribution in [0, 0.1) is 0 Å². The fourth-order valence-corrected chi connectivity index (χ4v) is 2.37. The zero-order valence-electron chi connectivity index (χ0n) is 12.4. The van der Waals surface area contributed by atoms with Gasteiger partial charge in [0.1, 0.15) is 5.75 Å². The van der Waals surface area contributed by atoms with Gasteiger partial charge in [0.2, 0.25) is 5.91 Å². The largest absolute Gasteiger partial charge is 0.479 e. The van der Waals surface area contributed by atoms with Crippen molar-refractivity contribution in [2.75, 3.05) is 13.1 Å². The van der Waals surface area contributed by atoms with E-state index >= 15 is 0 Å². The topological polar surface area (TPSA) is 76.1 Å². The lowest BCUT2D eigenvalue weighted by atomic mass is 10.1. The number of benzene rings is 1. The third-order valence-electron chi connectivity index (χ3n) is 3.39. The minimum atomic E-state index is -2.90. The first kappa shape index (κ1) is 17.1. The summed E-state index contributed by atoms with van der Waals surface area (Å²) in [5.41, 5.74) is 0.627. The van der Waals surface area contributed by atoms with Crippen LogP contribution >= 0.6 is 0 Å². The first-order chi connectivity index (χ1) is 10.8. The summed E-state index contributed by atoms with van der Waals surface area (Å²) in [6.07, 6.45) is -1.35. The molecule has 1 saturated heterocycles. The van der Waals surface area contributed by atoms with Crippen LogP contribution in [0.15, 0.2) is 24.3 Å². The van der Waals surface area contributed by atoms with Crippen molar-refractivity contribution < 1.29 is 33.0 Å². The van der Waals surface area contributed by atoms with Crippen LogP contribution in [0.2, 0.25) is 0 Å². The van der Waals surface area contributed by atoms with Crippen LogP contribution in [0.1, 0.15) is 12.5 Å². The number of aliphatic carboxylic acids is 1. The second-order valence-corrected chi connectivity index (χ2v) is 5.27. The zero-order chi connectivity index (χ0) is 17.0. The molecule has 2 atom stereocenters. The highest BCUT2D eigenvalue weighted by molar-refractivity contribution is 5.80. The molecule has 1 heterocycles. The lowest BCUT2D eigenvalue weighted by Gasteiger charge is -2.35. The molecule has 1 aliphatic rings. The molecular formula is C15H17F2NO5. The van der Waals surface area contributed by atoms with Crippen LogP contribution in [-0.4, -0.2) is 53.8 Å². The monoisotopic (exact) mass is 329 g/mol. The highest BCUT2D eigenvalue weighted by Gasteiger charge is 2.32. The number of nitrogens with zero attached hydrogens (tertiary/aromatic N) is 1. The van der Waals surface area contributed by atoms with Crippen molar-refractivity contribution in [3.05, 3.63) is 29.8 Å². The summed E-state index contributed by atoms with van der Waals surface area (Å²) in [5.74, 6) is -1.33. The summed E-state index contributed by atoms with van der Waals surface area (Å²) in [6, 6.07) is 5.76. The number of halogens is 2. The first-order valence-electron chi connectivity index (χ1n) is 7.05. The highest BCUT2D eigenvalue weighted by atomic mass is 19.3. The Morgan fingerprint density at radius 3 is 2.57 bits per heavy atom. The van der Waals surface area contributed by atoms with Gasteiger partial charge in [0.25, 0.3) is 0 Å².